The fourth-order valence-electron chi connectivity index (χ4n) is 3.51. The Morgan fingerprint density at radius 2 is 1.17 bits per heavy atom. The van der Waals surface area contributed by atoms with Gasteiger partial charge in [-0.1, -0.05) is 42.5 Å². The number of hydrogen-bond acceptors (Lipinski definition) is 5. The predicted octanol–water partition coefficient (Wildman–Crippen LogP) is 5.35. The van der Waals surface area contributed by atoms with E-state index in [-0.39, 0.29) is 17.8 Å². The molecule has 0 atom stereocenters. The molecule has 0 aliphatic carbocycles. The summed E-state index contributed by atoms with van der Waals surface area (Å²) in [6.45, 7) is 4.49. The Bertz CT molecular complexity index is 1180. The van der Waals surface area contributed by atoms with Crippen LogP contribution in [-0.4, -0.2) is 49.6 Å². The van der Waals surface area contributed by atoms with Crippen LogP contribution in [0.1, 0.15) is 56.0 Å². The van der Waals surface area contributed by atoms with Crippen LogP contribution in [0.5, 0.6) is 0 Å². The first-order valence-corrected chi connectivity index (χ1v) is 11.5. The average Bonchev–Trinajstić information content (AvgIpc) is 2.89. The van der Waals surface area contributed by atoms with E-state index in [0.717, 1.165) is 16.7 Å². The number of nitrogens with zero attached hydrogens (tertiary/aromatic N) is 1. The van der Waals surface area contributed by atoms with Gasteiger partial charge in [0, 0.05) is 19.2 Å². The van der Waals surface area contributed by atoms with Gasteiger partial charge in [-0.05, 0) is 73.0 Å². The summed E-state index contributed by atoms with van der Waals surface area (Å²) in [5, 5.41) is 0. The summed E-state index contributed by atoms with van der Waals surface area (Å²) < 4.78 is 10.1. The Kier molecular flexibility index (Phi) is 8.95. The van der Waals surface area contributed by atoms with Gasteiger partial charge in [0.2, 0.25) is 0 Å². The number of carbonyl (C=O) groups excluding carboxylic acids is 3. The van der Waals surface area contributed by atoms with E-state index in [1.54, 1.807) is 62.2 Å². The van der Waals surface area contributed by atoms with Crippen molar-refractivity contribution < 1.29 is 23.9 Å². The van der Waals surface area contributed by atoms with Crippen molar-refractivity contribution in [3.05, 3.63) is 107 Å². The topological polar surface area (TPSA) is 72.9 Å². The number of esters is 2. The van der Waals surface area contributed by atoms with E-state index in [0.29, 0.717) is 36.4 Å². The van der Waals surface area contributed by atoms with Gasteiger partial charge in [0.1, 0.15) is 0 Å². The van der Waals surface area contributed by atoms with E-state index < -0.39 is 0 Å². The van der Waals surface area contributed by atoms with Gasteiger partial charge in [-0.2, -0.15) is 0 Å². The molecule has 3 rings (SSSR count). The fourth-order valence-corrected chi connectivity index (χ4v) is 3.51. The lowest BCUT2D eigenvalue weighted by molar-refractivity contribution is 0.0516. The molecule has 0 radical (unpaired) electrons. The summed E-state index contributed by atoms with van der Waals surface area (Å²) >= 11 is 0. The zero-order chi connectivity index (χ0) is 25.2. The minimum atomic E-state index is -0.379. The van der Waals surface area contributed by atoms with Crippen LogP contribution < -0.4 is 0 Å². The Balaban J connectivity index is 1.91. The van der Waals surface area contributed by atoms with Crippen LogP contribution >= 0.6 is 0 Å². The molecule has 0 bridgehead atoms. The standard InChI is InChI=1S/C29H29NO5/c1-4-34-28(32)24-13-11-21(12-14-24)19-26(20-30(3)27(31)23-9-7-6-8-10-23)22-15-17-25(18-16-22)29(33)35-5-2/h6-19H,4-5,20H2,1-3H3/b26-19-. The summed E-state index contributed by atoms with van der Waals surface area (Å²) in [6, 6.07) is 23.3. The molecule has 3 aromatic carbocycles. The first-order valence-electron chi connectivity index (χ1n) is 11.5. The average molecular weight is 472 g/mol. The molecule has 1 amide bonds. The van der Waals surface area contributed by atoms with Gasteiger partial charge in [0.05, 0.1) is 24.3 Å². The van der Waals surface area contributed by atoms with Gasteiger partial charge in [0.15, 0.2) is 0 Å². The van der Waals surface area contributed by atoms with Gasteiger partial charge in [0.25, 0.3) is 5.91 Å². The van der Waals surface area contributed by atoms with Crippen molar-refractivity contribution in [2.24, 2.45) is 0 Å². The monoisotopic (exact) mass is 471 g/mol. The third kappa shape index (κ3) is 6.90. The third-order valence-corrected chi connectivity index (χ3v) is 5.30. The van der Waals surface area contributed by atoms with Crippen molar-refractivity contribution in [2.75, 3.05) is 26.8 Å². The highest BCUT2D eigenvalue weighted by Gasteiger charge is 2.15. The van der Waals surface area contributed by atoms with Crippen LogP contribution in [0.3, 0.4) is 0 Å². The van der Waals surface area contributed by atoms with Gasteiger partial charge >= 0.3 is 11.9 Å². The van der Waals surface area contributed by atoms with Crippen molar-refractivity contribution in [1.82, 2.24) is 4.90 Å². The minimum absolute atomic E-state index is 0.0997. The lowest BCUT2D eigenvalue weighted by Crippen LogP contribution is -2.28. The maximum atomic E-state index is 12.9. The van der Waals surface area contributed by atoms with E-state index in [4.69, 9.17) is 9.47 Å². The normalized spacial score (nSPS) is 11.0. The van der Waals surface area contributed by atoms with Crippen LogP contribution in [0, 0.1) is 0 Å². The molecule has 0 spiro atoms. The molecule has 0 aromatic heterocycles. The SMILES string of the molecule is CCOC(=O)c1ccc(/C=C(/CN(C)C(=O)c2ccccc2)c2ccc(C(=O)OCC)cc2)cc1. The van der Waals surface area contributed by atoms with Crippen molar-refractivity contribution in [2.45, 2.75) is 13.8 Å². The zero-order valence-corrected chi connectivity index (χ0v) is 20.2. The van der Waals surface area contributed by atoms with Crippen LogP contribution in [-0.2, 0) is 9.47 Å². The molecule has 0 N–H and O–H groups in total. The van der Waals surface area contributed by atoms with Crippen LogP contribution in [0.15, 0.2) is 78.9 Å². The molecular formula is C29H29NO5. The van der Waals surface area contributed by atoms with Crippen LogP contribution in [0.4, 0.5) is 0 Å². The molecule has 0 fully saturated rings. The van der Waals surface area contributed by atoms with E-state index in [2.05, 4.69) is 0 Å². The van der Waals surface area contributed by atoms with Crippen LogP contribution in [0.25, 0.3) is 11.6 Å². The molecule has 6 heteroatoms. The van der Waals surface area contributed by atoms with Crippen molar-refractivity contribution in [1.29, 1.82) is 0 Å². The molecule has 180 valence electrons. The van der Waals surface area contributed by atoms with Crippen molar-refractivity contribution in [3.63, 3.8) is 0 Å². The molecule has 0 saturated heterocycles. The number of ether oxygens (including phenoxy) is 2. The summed E-state index contributed by atoms with van der Waals surface area (Å²) in [5.41, 5.74) is 4.13. The molecule has 0 unspecified atom stereocenters. The number of benzene rings is 3. The minimum Gasteiger partial charge on any atom is -0.462 e. The third-order valence-electron chi connectivity index (χ3n) is 5.30. The summed E-state index contributed by atoms with van der Waals surface area (Å²) in [6.07, 6.45) is 1.96. The van der Waals surface area contributed by atoms with E-state index in [1.807, 2.05) is 48.5 Å². The smallest absolute Gasteiger partial charge is 0.338 e. The van der Waals surface area contributed by atoms with Crippen molar-refractivity contribution >= 4 is 29.5 Å². The quantitative estimate of drug-likeness (QED) is 0.311. The number of hydrogen-bond donors (Lipinski definition) is 0. The number of likely N-dealkylation sites (N-methyl/N-ethyl adjacent to an activating group) is 1. The second kappa shape index (κ2) is 12.3. The second-order valence-electron chi connectivity index (χ2n) is 7.84. The number of carbonyl (C=O) groups is 3. The Hall–Kier alpha value is -4.19. The molecule has 35 heavy (non-hydrogen) atoms. The fraction of sp³-hybridized carbons (Fsp3) is 0.207. The highest BCUT2D eigenvalue weighted by Crippen LogP contribution is 2.22. The molecule has 0 heterocycles. The largest absolute Gasteiger partial charge is 0.462 e. The summed E-state index contributed by atoms with van der Waals surface area (Å²) in [4.78, 5) is 38.6. The lowest BCUT2D eigenvalue weighted by atomic mass is 10.00. The highest BCUT2D eigenvalue weighted by atomic mass is 16.5. The number of rotatable bonds is 9. The molecule has 0 aliphatic rings. The van der Waals surface area contributed by atoms with Crippen LogP contribution in [0.2, 0.25) is 0 Å². The van der Waals surface area contributed by atoms with E-state index in [9.17, 15) is 14.4 Å². The van der Waals surface area contributed by atoms with Gasteiger partial charge in [-0.3, -0.25) is 4.79 Å². The van der Waals surface area contributed by atoms with Crippen molar-refractivity contribution in [3.8, 4) is 0 Å². The predicted molar refractivity (Wildman–Crippen MR) is 136 cm³/mol. The first-order chi connectivity index (χ1) is 16.9. The Labute approximate surface area is 205 Å². The van der Waals surface area contributed by atoms with Gasteiger partial charge in [-0.25, -0.2) is 9.59 Å². The number of amides is 1. The summed E-state index contributed by atoms with van der Waals surface area (Å²) in [7, 11) is 1.75. The zero-order valence-electron chi connectivity index (χ0n) is 20.2. The van der Waals surface area contributed by atoms with Gasteiger partial charge < -0.3 is 14.4 Å². The molecule has 6 nitrogen and oxygen atoms in total. The maximum absolute atomic E-state index is 12.9. The van der Waals surface area contributed by atoms with E-state index in [1.165, 1.54) is 0 Å². The maximum Gasteiger partial charge on any atom is 0.338 e. The highest BCUT2D eigenvalue weighted by molar-refractivity contribution is 5.96. The second-order valence-corrected chi connectivity index (χ2v) is 7.84. The first kappa shape index (κ1) is 25.4. The summed E-state index contributed by atoms with van der Waals surface area (Å²) in [5.74, 6) is -0.848. The lowest BCUT2D eigenvalue weighted by Gasteiger charge is -2.20. The molecular weight excluding hydrogens is 442 g/mol. The molecule has 3 aromatic rings. The Morgan fingerprint density at radius 1 is 0.686 bits per heavy atom. The molecule has 0 saturated carbocycles. The van der Waals surface area contributed by atoms with Gasteiger partial charge in [-0.15, -0.1) is 0 Å². The Morgan fingerprint density at radius 3 is 1.69 bits per heavy atom. The molecule has 0 aliphatic heterocycles. The van der Waals surface area contributed by atoms with E-state index >= 15 is 0 Å².